The van der Waals surface area contributed by atoms with Gasteiger partial charge in [-0.25, -0.2) is 4.79 Å². The van der Waals surface area contributed by atoms with Crippen molar-refractivity contribution in [2.75, 3.05) is 26.4 Å². The van der Waals surface area contributed by atoms with Gasteiger partial charge in [0, 0.05) is 5.92 Å². The lowest BCUT2D eigenvalue weighted by Crippen LogP contribution is -2.09. The summed E-state index contributed by atoms with van der Waals surface area (Å²) in [4.78, 5) is 24.0. The van der Waals surface area contributed by atoms with Gasteiger partial charge in [-0.2, -0.15) is 4.89 Å². The van der Waals surface area contributed by atoms with Crippen LogP contribution in [0.1, 0.15) is 39.9 Å². The molecule has 3 atom stereocenters. The smallest absolute Gasteiger partial charge is 0.343 e. The van der Waals surface area contributed by atoms with E-state index in [1.54, 1.807) is 24.3 Å². The van der Waals surface area contributed by atoms with Crippen molar-refractivity contribution in [1.29, 1.82) is 0 Å². The lowest BCUT2D eigenvalue weighted by atomic mass is 9.99. The Hall–Kier alpha value is -4.37. The van der Waals surface area contributed by atoms with Gasteiger partial charge in [-0.05, 0) is 88.5 Å². The summed E-state index contributed by atoms with van der Waals surface area (Å²) in [6.45, 7) is 5.04. The number of hydrogen-bond acceptors (Lipinski definition) is 8. The van der Waals surface area contributed by atoms with Crippen LogP contribution in [0.4, 0.5) is 0 Å². The van der Waals surface area contributed by atoms with Crippen LogP contribution in [0.15, 0.2) is 84.9 Å². The van der Waals surface area contributed by atoms with Crippen molar-refractivity contribution in [3.8, 4) is 34.1 Å². The van der Waals surface area contributed by atoms with E-state index in [1.807, 2.05) is 60.7 Å². The summed E-state index contributed by atoms with van der Waals surface area (Å²) in [6, 6.07) is 26.4. The average Bonchev–Trinajstić information content (AvgIpc) is 3.96. The summed E-state index contributed by atoms with van der Waals surface area (Å²) in [6.07, 6.45) is 0.407. The fourth-order valence-corrected chi connectivity index (χ4v) is 4.98. The lowest BCUT2D eigenvalue weighted by molar-refractivity contribution is -0.217. The number of ether oxygens (including phenoxy) is 5. The number of fused-ring (bicyclic) bond motifs is 3. The summed E-state index contributed by atoms with van der Waals surface area (Å²) < 4.78 is 27.4. The summed E-state index contributed by atoms with van der Waals surface area (Å²) in [7, 11) is 0. The van der Waals surface area contributed by atoms with Crippen LogP contribution in [0.5, 0.6) is 23.0 Å². The minimum absolute atomic E-state index is 0.0951. The molecule has 0 spiro atoms. The van der Waals surface area contributed by atoms with Gasteiger partial charge < -0.3 is 28.6 Å². The van der Waals surface area contributed by atoms with Gasteiger partial charge in [0.25, 0.3) is 0 Å². The number of hydrogen-bond donors (Lipinski definition) is 0. The number of carbonyl (C=O) groups excluding carboxylic acids is 1. The van der Waals surface area contributed by atoms with Gasteiger partial charge in [-0.3, -0.25) is 0 Å². The van der Waals surface area contributed by atoms with Crippen LogP contribution < -0.4 is 19.1 Å². The molecule has 2 saturated heterocycles. The molecule has 4 aromatic rings. The molecule has 7 rings (SSSR count). The molecule has 0 aromatic heterocycles. The highest BCUT2D eigenvalue weighted by Gasteiger charge is 2.27. The van der Waals surface area contributed by atoms with Crippen molar-refractivity contribution < 1.29 is 38.3 Å². The van der Waals surface area contributed by atoms with Gasteiger partial charge in [-0.15, -0.1) is 0 Å². The van der Waals surface area contributed by atoms with Crippen LogP contribution >= 0.6 is 0 Å². The highest BCUT2D eigenvalue weighted by Crippen LogP contribution is 2.47. The summed E-state index contributed by atoms with van der Waals surface area (Å²) in [5.41, 5.74) is 5.89. The Labute approximate surface area is 243 Å². The fraction of sp³-hybridized carbons (Fsp3) is 0.265. The molecule has 3 aliphatic rings. The largest absolute Gasteiger partial charge is 0.491 e. The van der Waals surface area contributed by atoms with Gasteiger partial charge in [0.2, 0.25) is 0 Å². The van der Waals surface area contributed by atoms with E-state index in [9.17, 15) is 4.79 Å². The molecule has 2 fully saturated rings. The average molecular weight is 567 g/mol. The van der Waals surface area contributed by atoms with Crippen molar-refractivity contribution in [3.63, 3.8) is 0 Å². The van der Waals surface area contributed by atoms with Crippen LogP contribution in [-0.4, -0.2) is 44.6 Å². The number of epoxide rings is 2. The first-order valence-electron chi connectivity index (χ1n) is 14.1. The summed E-state index contributed by atoms with van der Waals surface area (Å²) in [5.74, 6) is 2.30. The second-order valence-electron chi connectivity index (χ2n) is 10.7. The van der Waals surface area contributed by atoms with Crippen molar-refractivity contribution in [2.45, 2.75) is 31.7 Å². The van der Waals surface area contributed by atoms with E-state index in [0.29, 0.717) is 42.6 Å². The minimum Gasteiger partial charge on any atom is -0.491 e. The molecule has 1 aliphatic carbocycles. The molecule has 4 aromatic carbocycles. The second kappa shape index (κ2) is 11.5. The zero-order chi connectivity index (χ0) is 28.5. The Morgan fingerprint density at radius 2 is 1.24 bits per heavy atom. The van der Waals surface area contributed by atoms with Gasteiger partial charge in [0.1, 0.15) is 49.3 Å². The molecule has 0 bridgehead atoms. The van der Waals surface area contributed by atoms with Crippen LogP contribution in [-0.2, 0) is 21.0 Å². The maximum absolute atomic E-state index is 12.8. The topological polar surface area (TPSA) is 88.3 Å². The summed E-state index contributed by atoms with van der Waals surface area (Å²) in [5, 5.41) is 0. The molecule has 2 heterocycles. The summed E-state index contributed by atoms with van der Waals surface area (Å²) >= 11 is 0. The number of esters is 1. The van der Waals surface area contributed by atoms with E-state index in [2.05, 4.69) is 6.92 Å². The maximum Gasteiger partial charge on any atom is 0.343 e. The lowest BCUT2D eigenvalue weighted by Gasteiger charge is -2.10. The highest BCUT2D eigenvalue weighted by molar-refractivity contribution is 5.91. The Bertz CT molecular complexity index is 1570. The zero-order valence-corrected chi connectivity index (χ0v) is 23.1. The molecule has 214 valence electrons. The molecule has 0 N–H and O–H groups in total. The van der Waals surface area contributed by atoms with E-state index in [4.69, 9.17) is 33.5 Å². The van der Waals surface area contributed by atoms with E-state index in [1.165, 1.54) is 0 Å². The highest BCUT2D eigenvalue weighted by atomic mass is 17.2. The molecule has 3 unspecified atom stereocenters. The normalized spacial score (nSPS) is 19.4. The zero-order valence-electron chi connectivity index (χ0n) is 23.1. The van der Waals surface area contributed by atoms with Gasteiger partial charge in [-0.1, -0.05) is 31.2 Å². The van der Waals surface area contributed by atoms with Gasteiger partial charge in [0.05, 0.1) is 18.8 Å². The number of benzene rings is 4. The fourth-order valence-electron chi connectivity index (χ4n) is 4.98. The van der Waals surface area contributed by atoms with Gasteiger partial charge >= 0.3 is 5.97 Å². The maximum atomic E-state index is 12.8. The molecule has 8 nitrogen and oxygen atoms in total. The standard InChI is InChI=1S/C34H30O8/c1-21-32-14-26(41-34(35)23-4-8-25(9-5-23)37-18-29-20-39-29)10-12-30(32)31-13-11-27(15-33(21)31)42-40-16-22-2-6-24(7-3-22)36-17-28-19-38-28/h2-15,21,28-29H,16-20H2,1H3. The Morgan fingerprint density at radius 3 is 1.83 bits per heavy atom. The Balaban J connectivity index is 0.945. The first kappa shape index (κ1) is 26.5. The van der Waals surface area contributed by atoms with E-state index in [-0.39, 0.29) is 18.1 Å². The van der Waals surface area contributed by atoms with E-state index in [0.717, 1.165) is 46.8 Å². The predicted molar refractivity (Wildman–Crippen MR) is 153 cm³/mol. The van der Waals surface area contributed by atoms with Crippen molar-refractivity contribution in [3.05, 3.63) is 107 Å². The molecule has 42 heavy (non-hydrogen) atoms. The Morgan fingerprint density at radius 1 is 0.714 bits per heavy atom. The second-order valence-corrected chi connectivity index (χ2v) is 10.7. The molecular formula is C34H30O8. The first-order chi connectivity index (χ1) is 20.6. The van der Waals surface area contributed by atoms with Crippen LogP contribution in [0, 0.1) is 0 Å². The first-order valence-corrected chi connectivity index (χ1v) is 14.1. The van der Waals surface area contributed by atoms with Crippen LogP contribution in [0.25, 0.3) is 11.1 Å². The van der Waals surface area contributed by atoms with E-state index < -0.39 is 5.97 Å². The molecule has 0 radical (unpaired) electrons. The SMILES string of the molecule is CC1c2cc(OOCc3ccc(OCC4CO4)cc3)ccc2-c2ccc(OC(=O)c3ccc(OCC4CO4)cc3)cc21. The predicted octanol–water partition coefficient (Wildman–Crippen LogP) is 6.10. The molecular weight excluding hydrogens is 536 g/mol. The van der Waals surface area contributed by atoms with Crippen molar-refractivity contribution in [1.82, 2.24) is 0 Å². The third-order valence-corrected chi connectivity index (χ3v) is 7.55. The van der Waals surface area contributed by atoms with Crippen LogP contribution in [0.3, 0.4) is 0 Å². The quantitative estimate of drug-likeness (QED) is 0.0668. The van der Waals surface area contributed by atoms with Crippen molar-refractivity contribution in [2.24, 2.45) is 0 Å². The monoisotopic (exact) mass is 566 g/mol. The Kier molecular flexibility index (Phi) is 7.25. The molecule has 0 amide bonds. The van der Waals surface area contributed by atoms with Crippen molar-refractivity contribution >= 4 is 5.97 Å². The molecule has 8 heteroatoms. The van der Waals surface area contributed by atoms with Crippen LogP contribution in [0.2, 0.25) is 0 Å². The van der Waals surface area contributed by atoms with Gasteiger partial charge in [0.15, 0.2) is 5.75 Å². The number of carbonyl (C=O) groups is 1. The van der Waals surface area contributed by atoms with E-state index >= 15 is 0 Å². The molecule has 2 aliphatic heterocycles. The molecule has 0 saturated carbocycles. The number of rotatable bonds is 12. The minimum atomic E-state index is -0.418. The third-order valence-electron chi connectivity index (χ3n) is 7.55. The third kappa shape index (κ3) is 6.11.